The fourth-order valence-corrected chi connectivity index (χ4v) is 1.49. The average Bonchev–Trinajstić information content (AvgIpc) is 2.37. The second-order valence-corrected chi connectivity index (χ2v) is 3.67. The van der Waals surface area contributed by atoms with Crippen LogP contribution in [0.4, 0.5) is 17.6 Å². The van der Waals surface area contributed by atoms with Gasteiger partial charge in [0, 0.05) is 17.1 Å². The molecule has 0 saturated carbocycles. The van der Waals surface area contributed by atoms with Crippen molar-refractivity contribution in [2.24, 2.45) is 0 Å². The molecule has 94 valence electrons. The molecule has 0 fully saturated rings. The zero-order valence-corrected chi connectivity index (χ0v) is 8.91. The Morgan fingerprint density at radius 3 is 2.56 bits per heavy atom. The van der Waals surface area contributed by atoms with E-state index in [2.05, 4.69) is 4.98 Å². The summed E-state index contributed by atoms with van der Waals surface area (Å²) in [6.45, 7) is 0. The lowest BCUT2D eigenvalue weighted by Crippen LogP contribution is -2.36. The van der Waals surface area contributed by atoms with Gasteiger partial charge in [-0.2, -0.15) is 8.78 Å². The number of aromatic nitrogens is 1. The molecular weight excluding hydrogens is 250 g/mol. The number of carbonyl (C=O) groups is 1. The second-order valence-electron chi connectivity index (χ2n) is 3.67. The van der Waals surface area contributed by atoms with E-state index in [0.29, 0.717) is 10.9 Å². The summed E-state index contributed by atoms with van der Waals surface area (Å²) in [5.74, 6) is -6.61. The Kier molecular flexibility index (Phi) is 3.02. The van der Waals surface area contributed by atoms with E-state index < -0.39 is 23.7 Å². The highest BCUT2D eigenvalue weighted by atomic mass is 19.3. The van der Waals surface area contributed by atoms with E-state index in [1.807, 2.05) is 0 Å². The van der Waals surface area contributed by atoms with Crippen molar-refractivity contribution in [3.63, 3.8) is 0 Å². The molecule has 0 spiro atoms. The summed E-state index contributed by atoms with van der Waals surface area (Å²) in [6.07, 6.45) is -3.16. The number of halogens is 4. The summed E-state index contributed by atoms with van der Waals surface area (Å²) in [5, 5.41) is 0.438. The first-order valence-corrected chi connectivity index (χ1v) is 4.98. The van der Waals surface area contributed by atoms with Crippen molar-refractivity contribution in [2.75, 3.05) is 0 Å². The van der Waals surface area contributed by atoms with Gasteiger partial charge < -0.3 is 0 Å². The maximum absolute atomic E-state index is 12.9. The van der Waals surface area contributed by atoms with Gasteiger partial charge in [-0.05, 0) is 12.1 Å². The van der Waals surface area contributed by atoms with Crippen molar-refractivity contribution < 1.29 is 22.4 Å². The molecular formula is C12H7F4NO. The molecule has 2 aromatic rings. The van der Waals surface area contributed by atoms with Crippen LogP contribution in [0.1, 0.15) is 10.4 Å². The Morgan fingerprint density at radius 1 is 1.22 bits per heavy atom. The largest absolute Gasteiger partial charge is 0.368 e. The topological polar surface area (TPSA) is 30.0 Å². The molecule has 0 atom stereocenters. The van der Waals surface area contributed by atoms with Crippen LogP contribution in [0.2, 0.25) is 0 Å². The van der Waals surface area contributed by atoms with E-state index >= 15 is 0 Å². The van der Waals surface area contributed by atoms with Gasteiger partial charge in [0.2, 0.25) is 5.78 Å². The molecule has 0 aliphatic rings. The molecule has 1 aromatic heterocycles. The van der Waals surface area contributed by atoms with Gasteiger partial charge >= 0.3 is 12.3 Å². The quantitative estimate of drug-likeness (QED) is 0.623. The number of ketones is 1. The van der Waals surface area contributed by atoms with Crippen LogP contribution in [0, 0.1) is 0 Å². The summed E-state index contributed by atoms with van der Waals surface area (Å²) < 4.78 is 49.9. The van der Waals surface area contributed by atoms with Crippen molar-refractivity contribution in [3.8, 4) is 0 Å². The normalized spacial score (nSPS) is 12.1. The standard InChI is InChI=1S/C12H7F4NO/c13-11(14)12(15,16)10(18)8-5-7-3-1-2-4-9(7)17-6-8/h1-6,11H. The molecule has 0 N–H and O–H groups in total. The number of benzene rings is 1. The van der Waals surface area contributed by atoms with Crippen LogP contribution in [-0.2, 0) is 0 Å². The maximum Gasteiger partial charge on any atom is 0.368 e. The van der Waals surface area contributed by atoms with Crippen LogP contribution in [0.25, 0.3) is 10.9 Å². The predicted molar refractivity (Wildman–Crippen MR) is 57.0 cm³/mol. The molecule has 0 amide bonds. The number of carbonyl (C=O) groups excluding carboxylic acids is 1. The van der Waals surface area contributed by atoms with Crippen LogP contribution >= 0.6 is 0 Å². The van der Waals surface area contributed by atoms with Crippen LogP contribution in [-0.4, -0.2) is 23.1 Å². The van der Waals surface area contributed by atoms with Gasteiger partial charge in [0.05, 0.1) is 5.52 Å². The van der Waals surface area contributed by atoms with Crippen LogP contribution in [0.15, 0.2) is 36.5 Å². The van der Waals surface area contributed by atoms with Gasteiger partial charge in [0.25, 0.3) is 0 Å². The number of hydrogen-bond donors (Lipinski definition) is 0. The molecule has 1 aromatic carbocycles. The van der Waals surface area contributed by atoms with E-state index in [1.54, 1.807) is 24.3 Å². The third kappa shape index (κ3) is 2.05. The maximum atomic E-state index is 12.9. The highest BCUT2D eigenvalue weighted by molar-refractivity contribution is 6.03. The minimum absolute atomic E-state index is 0.438. The first kappa shape index (κ1) is 12.5. The third-order valence-electron chi connectivity index (χ3n) is 2.43. The van der Waals surface area contributed by atoms with Gasteiger partial charge in [0.15, 0.2) is 0 Å². The molecule has 0 aliphatic carbocycles. The smallest absolute Gasteiger partial charge is 0.287 e. The minimum atomic E-state index is -4.69. The summed E-state index contributed by atoms with van der Waals surface area (Å²) in [6, 6.07) is 7.61. The van der Waals surface area contributed by atoms with E-state index in [4.69, 9.17) is 0 Å². The highest BCUT2D eigenvalue weighted by Gasteiger charge is 2.49. The number of nitrogens with zero attached hydrogens (tertiary/aromatic N) is 1. The average molecular weight is 257 g/mol. The Balaban J connectivity index is 2.46. The van der Waals surface area contributed by atoms with Crippen LogP contribution in [0.5, 0.6) is 0 Å². The first-order chi connectivity index (χ1) is 8.43. The summed E-state index contributed by atoms with van der Waals surface area (Å²) >= 11 is 0. The second kappa shape index (κ2) is 4.36. The number of alkyl halides is 4. The van der Waals surface area contributed by atoms with Gasteiger partial charge in [-0.25, -0.2) is 8.78 Å². The van der Waals surface area contributed by atoms with E-state index in [9.17, 15) is 22.4 Å². The molecule has 6 heteroatoms. The van der Waals surface area contributed by atoms with Gasteiger partial charge in [-0.3, -0.25) is 9.78 Å². The highest BCUT2D eigenvalue weighted by Crippen LogP contribution is 2.28. The van der Waals surface area contributed by atoms with Crippen molar-refractivity contribution in [3.05, 3.63) is 42.1 Å². The summed E-state index contributed by atoms with van der Waals surface area (Å²) in [7, 11) is 0. The number of para-hydroxylation sites is 1. The fourth-order valence-electron chi connectivity index (χ4n) is 1.49. The molecule has 1 heterocycles. The van der Waals surface area contributed by atoms with E-state index in [-0.39, 0.29) is 0 Å². The van der Waals surface area contributed by atoms with Gasteiger partial charge in [-0.15, -0.1) is 0 Å². The number of rotatable bonds is 3. The molecule has 2 rings (SSSR count). The molecule has 0 unspecified atom stereocenters. The van der Waals surface area contributed by atoms with Crippen molar-refractivity contribution in [1.29, 1.82) is 0 Å². The van der Waals surface area contributed by atoms with E-state index in [1.165, 1.54) is 0 Å². The lowest BCUT2D eigenvalue weighted by molar-refractivity contribution is -0.0958. The molecule has 18 heavy (non-hydrogen) atoms. The third-order valence-corrected chi connectivity index (χ3v) is 2.43. The number of hydrogen-bond acceptors (Lipinski definition) is 2. The Bertz CT molecular complexity index is 597. The Hall–Kier alpha value is -1.98. The summed E-state index contributed by atoms with van der Waals surface area (Å²) in [4.78, 5) is 15.1. The van der Waals surface area contributed by atoms with Crippen molar-refractivity contribution >= 4 is 16.7 Å². The van der Waals surface area contributed by atoms with Gasteiger partial charge in [0.1, 0.15) is 0 Å². The lowest BCUT2D eigenvalue weighted by atomic mass is 10.1. The Morgan fingerprint density at radius 2 is 1.89 bits per heavy atom. The first-order valence-electron chi connectivity index (χ1n) is 4.98. The zero-order valence-electron chi connectivity index (χ0n) is 8.91. The van der Waals surface area contributed by atoms with Gasteiger partial charge in [-0.1, -0.05) is 18.2 Å². The minimum Gasteiger partial charge on any atom is -0.287 e. The number of Topliss-reactive ketones (excluding diaryl/α,β-unsaturated/α-hetero) is 1. The molecule has 0 aliphatic heterocycles. The Labute approximate surface area is 99.3 Å². The molecule has 0 radical (unpaired) electrons. The van der Waals surface area contributed by atoms with E-state index in [0.717, 1.165) is 12.3 Å². The van der Waals surface area contributed by atoms with Crippen LogP contribution in [0.3, 0.4) is 0 Å². The monoisotopic (exact) mass is 257 g/mol. The van der Waals surface area contributed by atoms with Crippen molar-refractivity contribution in [1.82, 2.24) is 4.98 Å². The number of pyridine rings is 1. The van der Waals surface area contributed by atoms with Crippen LogP contribution < -0.4 is 0 Å². The SMILES string of the molecule is O=C(c1cnc2ccccc2c1)C(F)(F)C(F)F. The predicted octanol–water partition coefficient (Wildman–Crippen LogP) is 3.32. The molecule has 0 bridgehead atoms. The molecule has 0 saturated heterocycles. The zero-order chi connectivity index (χ0) is 13.3. The lowest BCUT2D eigenvalue weighted by Gasteiger charge is -2.13. The number of fused-ring (bicyclic) bond motifs is 1. The van der Waals surface area contributed by atoms with Crippen molar-refractivity contribution in [2.45, 2.75) is 12.3 Å². The molecule has 2 nitrogen and oxygen atoms in total. The fraction of sp³-hybridized carbons (Fsp3) is 0.167. The summed E-state index contributed by atoms with van der Waals surface area (Å²) in [5.41, 5.74) is -0.0339.